The average Bonchev–Trinajstić information content (AvgIpc) is 2.62. The van der Waals surface area contributed by atoms with Gasteiger partial charge in [0.25, 0.3) is 0 Å². The second kappa shape index (κ2) is 3.57. The van der Waals surface area contributed by atoms with Gasteiger partial charge in [-0.25, -0.2) is 0 Å². The number of hydrogen-bond donors (Lipinski definition) is 0. The van der Waals surface area contributed by atoms with Crippen molar-refractivity contribution in [1.82, 2.24) is 4.90 Å². The minimum atomic E-state index is 0.872. The van der Waals surface area contributed by atoms with Gasteiger partial charge in [0.2, 0.25) is 0 Å². The van der Waals surface area contributed by atoms with E-state index < -0.39 is 0 Å². The van der Waals surface area contributed by atoms with Gasteiger partial charge in [0, 0.05) is 17.9 Å². The van der Waals surface area contributed by atoms with Crippen LogP contribution in [0.4, 0.5) is 0 Å². The summed E-state index contributed by atoms with van der Waals surface area (Å²) in [5, 5.41) is 1.16. The Morgan fingerprint density at radius 1 is 1.67 bits per heavy atom. The Balaban J connectivity index is 1.92. The van der Waals surface area contributed by atoms with E-state index in [-0.39, 0.29) is 0 Å². The number of nitrogens with zero attached hydrogens (tertiary/aromatic N) is 1. The second-order valence-electron chi connectivity index (χ2n) is 2.66. The largest absolute Gasteiger partial charge is 0.297 e. The van der Waals surface area contributed by atoms with E-state index in [0.717, 1.165) is 11.4 Å². The summed E-state index contributed by atoms with van der Waals surface area (Å²) < 4.78 is 0. The van der Waals surface area contributed by atoms with Gasteiger partial charge in [0.1, 0.15) is 0 Å². The van der Waals surface area contributed by atoms with E-state index >= 15 is 0 Å². The molecule has 0 amide bonds. The van der Waals surface area contributed by atoms with Gasteiger partial charge in [0.15, 0.2) is 0 Å². The number of unbranched alkanes of at least 4 members (excludes halogenated alkanes) is 1. The topological polar surface area (TPSA) is 3.01 Å². The van der Waals surface area contributed by atoms with Crippen LogP contribution >= 0.6 is 15.9 Å². The van der Waals surface area contributed by atoms with E-state index in [2.05, 4.69) is 27.8 Å². The third-order valence-electron chi connectivity index (χ3n) is 1.81. The molecule has 0 radical (unpaired) electrons. The summed E-state index contributed by atoms with van der Waals surface area (Å²) in [6.07, 6.45) is 2.69. The van der Waals surface area contributed by atoms with Crippen molar-refractivity contribution in [2.24, 2.45) is 0 Å². The molecule has 0 N–H and O–H groups in total. The number of rotatable bonds is 4. The number of hydrogen-bond acceptors (Lipinski definition) is 1. The van der Waals surface area contributed by atoms with Crippen LogP contribution in [0.25, 0.3) is 0 Å². The van der Waals surface area contributed by atoms with Gasteiger partial charge in [-0.05, 0) is 13.0 Å². The van der Waals surface area contributed by atoms with Crippen LogP contribution < -0.4 is 0 Å². The molecule has 1 fully saturated rings. The maximum absolute atomic E-state index is 3.47. The van der Waals surface area contributed by atoms with Gasteiger partial charge in [0.05, 0.1) is 0 Å². The highest BCUT2D eigenvalue weighted by atomic mass is 79.9. The lowest BCUT2D eigenvalue weighted by Crippen LogP contribution is -2.03. The lowest BCUT2D eigenvalue weighted by molar-refractivity contribution is 0.499. The molecule has 2 heteroatoms. The van der Waals surface area contributed by atoms with E-state index in [1.54, 1.807) is 0 Å². The number of alkyl halides is 1. The van der Waals surface area contributed by atoms with Crippen LogP contribution in [0.2, 0.25) is 0 Å². The minimum absolute atomic E-state index is 0.872. The van der Waals surface area contributed by atoms with Gasteiger partial charge in [-0.15, -0.1) is 0 Å². The molecule has 1 saturated heterocycles. The van der Waals surface area contributed by atoms with E-state index in [4.69, 9.17) is 0 Å². The standard InChI is InChI=1S/C7H14BrN/c1-2-3-4-9-6-7(9)5-8/h7H,2-6H2,1H3. The molecule has 0 bridgehead atoms. The van der Waals surface area contributed by atoms with Crippen molar-refractivity contribution >= 4 is 15.9 Å². The molecule has 1 aliphatic rings. The Morgan fingerprint density at radius 2 is 2.44 bits per heavy atom. The molecule has 0 aliphatic carbocycles. The third-order valence-corrected chi connectivity index (χ3v) is 2.55. The normalized spacial score (nSPS) is 32.7. The Labute approximate surface area is 65.6 Å². The second-order valence-corrected chi connectivity index (χ2v) is 3.30. The fraction of sp³-hybridized carbons (Fsp3) is 1.00. The predicted octanol–water partition coefficient (Wildman–Crippen LogP) is 1.87. The fourth-order valence-corrected chi connectivity index (χ4v) is 1.62. The molecule has 1 heterocycles. The zero-order valence-corrected chi connectivity index (χ0v) is 7.52. The van der Waals surface area contributed by atoms with Crippen molar-refractivity contribution in [3.05, 3.63) is 0 Å². The molecule has 9 heavy (non-hydrogen) atoms. The SMILES string of the molecule is CCCCN1CC1CBr. The molecule has 1 aliphatic heterocycles. The summed E-state index contributed by atoms with van der Waals surface area (Å²) >= 11 is 3.47. The lowest BCUT2D eigenvalue weighted by Gasteiger charge is -1.97. The maximum atomic E-state index is 3.47. The summed E-state index contributed by atoms with van der Waals surface area (Å²) in [5.74, 6) is 0. The smallest absolute Gasteiger partial charge is 0.0320 e. The first kappa shape index (κ1) is 7.55. The van der Waals surface area contributed by atoms with Gasteiger partial charge < -0.3 is 0 Å². The summed E-state index contributed by atoms with van der Waals surface area (Å²) in [5.41, 5.74) is 0. The van der Waals surface area contributed by atoms with E-state index in [0.29, 0.717) is 0 Å². The third kappa shape index (κ3) is 2.26. The lowest BCUT2D eigenvalue weighted by atomic mass is 10.3. The Morgan fingerprint density at radius 3 is 2.89 bits per heavy atom. The molecule has 0 saturated carbocycles. The zero-order chi connectivity index (χ0) is 6.69. The van der Waals surface area contributed by atoms with Crippen molar-refractivity contribution in [2.45, 2.75) is 25.8 Å². The maximum Gasteiger partial charge on any atom is 0.0320 e. The van der Waals surface area contributed by atoms with Crippen LogP contribution in [0.5, 0.6) is 0 Å². The first-order valence-corrected chi connectivity index (χ1v) is 4.80. The molecule has 54 valence electrons. The molecule has 0 aromatic carbocycles. The van der Waals surface area contributed by atoms with Crippen LogP contribution in [0.3, 0.4) is 0 Å². The van der Waals surface area contributed by atoms with Crippen LogP contribution in [-0.2, 0) is 0 Å². The summed E-state index contributed by atoms with van der Waals surface area (Å²) in [7, 11) is 0. The highest BCUT2D eigenvalue weighted by Gasteiger charge is 2.31. The molecule has 1 rings (SSSR count). The molecule has 0 spiro atoms. The van der Waals surface area contributed by atoms with Gasteiger partial charge in [-0.2, -0.15) is 0 Å². The Bertz CT molecular complexity index is 85.0. The molecule has 2 atom stereocenters. The van der Waals surface area contributed by atoms with Gasteiger partial charge in [-0.1, -0.05) is 29.3 Å². The molecule has 1 nitrogen and oxygen atoms in total. The van der Waals surface area contributed by atoms with Gasteiger partial charge >= 0.3 is 0 Å². The van der Waals surface area contributed by atoms with Crippen LogP contribution in [0, 0.1) is 0 Å². The molecule has 0 aromatic rings. The quantitative estimate of drug-likeness (QED) is 0.485. The summed E-state index contributed by atoms with van der Waals surface area (Å²) in [6.45, 7) is 4.88. The van der Waals surface area contributed by atoms with Crippen molar-refractivity contribution < 1.29 is 0 Å². The Hall–Kier alpha value is 0.440. The van der Waals surface area contributed by atoms with Crippen molar-refractivity contribution in [3.63, 3.8) is 0 Å². The zero-order valence-electron chi connectivity index (χ0n) is 5.94. The van der Waals surface area contributed by atoms with E-state index in [9.17, 15) is 0 Å². The predicted molar refractivity (Wildman–Crippen MR) is 44.1 cm³/mol. The van der Waals surface area contributed by atoms with E-state index in [1.165, 1.54) is 25.9 Å². The first-order chi connectivity index (χ1) is 4.38. The highest BCUT2D eigenvalue weighted by molar-refractivity contribution is 9.09. The molecular formula is C7H14BrN. The van der Waals surface area contributed by atoms with Crippen molar-refractivity contribution in [1.29, 1.82) is 0 Å². The van der Waals surface area contributed by atoms with Crippen LogP contribution in [0.1, 0.15) is 19.8 Å². The van der Waals surface area contributed by atoms with Gasteiger partial charge in [-0.3, -0.25) is 4.90 Å². The van der Waals surface area contributed by atoms with E-state index in [1.807, 2.05) is 0 Å². The average molecular weight is 192 g/mol. The number of halogens is 1. The minimum Gasteiger partial charge on any atom is -0.297 e. The molecule has 2 unspecified atom stereocenters. The van der Waals surface area contributed by atoms with Crippen molar-refractivity contribution in [3.8, 4) is 0 Å². The summed E-state index contributed by atoms with van der Waals surface area (Å²) in [6, 6.07) is 0.872. The highest BCUT2D eigenvalue weighted by Crippen LogP contribution is 2.19. The summed E-state index contributed by atoms with van der Waals surface area (Å²) in [4.78, 5) is 2.51. The first-order valence-electron chi connectivity index (χ1n) is 3.68. The van der Waals surface area contributed by atoms with Crippen LogP contribution in [-0.4, -0.2) is 29.4 Å². The van der Waals surface area contributed by atoms with Crippen molar-refractivity contribution in [2.75, 3.05) is 18.4 Å². The fourth-order valence-electron chi connectivity index (χ4n) is 1.01. The van der Waals surface area contributed by atoms with Crippen LogP contribution in [0.15, 0.2) is 0 Å². The monoisotopic (exact) mass is 191 g/mol. The Kier molecular flexibility index (Phi) is 2.99. The molecular weight excluding hydrogens is 178 g/mol. The molecule has 0 aromatic heterocycles.